The number of rotatable bonds is 6. The fraction of sp³-hybridized carbons (Fsp3) is 0.333. The fourth-order valence-corrected chi connectivity index (χ4v) is 3.06. The van der Waals surface area contributed by atoms with E-state index in [1.54, 1.807) is 24.4 Å². The van der Waals surface area contributed by atoms with Crippen LogP contribution in [0.25, 0.3) is 0 Å². The van der Waals surface area contributed by atoms with Gasteiger partial charge in [-0.15, -0.1) is 0 Å². The first-order valence-corrected chi connectivity index (χ1v) is 8.52. The molecule has 0 fully saturated rings. The van der Waals surface area contributed by atoms with Crippen LogP contribution in [0.4, 0.5) is 11.5 Å². The lowest BCUT2D eigenvalue weighted by Crippen LogP contribution is -2.17. The third-order valence-electron chi connectivity index (χ3n) is 3.14. The number of hydrogen-bond acceptors (Lipinski definition) is 5. The van der Waals surface area contributed by atoms with Crippen molar-refractivity contribution in [1.29, 1.82) is 0 Å². The molecule has 0 radical (unpaired) electrons. The van der Waals surface area contributed by atoms with E-state index in [4.69, 9.17) is 0 Å². The van der Waals surface area contributed by atoms with Gasteiger partial charge in [0.25, 0.3) is 10.0 Å². The van der Waals surface area contributed by atoms with Gasteiger partial charge in [0.2, 0.25) is 0 Å². The van der Waals surface area contributed by atoms with Crippen LogP contribution in [0.2, 0.25) is 0 Å². The maximum Gasteiger partial charge on any atom is 0.263 e. The summed E-state index contributed by atoms with van der Waals surface area (Å²) in [6, 6.07) is 6.75. The third-order valence-corrected chi connectivity index (χ3v) is 4.47. The Hall–Kier alpha value is -2.15. The Bertz CT molecular complexity index is 745. The van der Waals surface area contributed by atoms with Crippen molar-refractivity contribution in [2.45, 2.75) is 24.7 Å². The highest BCUT2D eigenvalue weighted by Crippen LogP contribution is 2.21. The molecule has 0 aliphatic heterocycles. The Morgan fingerprint density at radius 2 is 1.91 bits per heavy atom. The van der Waals surface area contributed by atoms with Gasteiger partial charge in [-0.2, -0.15) is 0 Å². The highest BCUT2D eigenvalue weighted by molar-refractivity contribution is 7.92. The summed E-state index contributed by atoms with van der Waals surface area (Å²) in [5.74, 6) is 0.291. The van der Waals surface area contributed by atoms with Gasteiger partial charge < -0.3 is 4.90 Å². The number of aromatic nitrogens is 2. The van der Waals surface area contributed by atoms with Gasteiger partial charge in [0.1, 0.15) is 0 Å². The zero-order valence-corrected chi connectivity index (χ0v) is 13.8. The van der Waals surface area contributed by atoms with Gasteiger partial charge in [-0.25, -0.2) is 13.4 Å². The van der Waals surface area contributed by atoms with Gasteiger partial charge in [-0.05, 0) is 24.6 Å². The van der Waals surface area contributed by atoms with E-state index in [1.807, 2.05) is 32.0 Å². The standard InChI is InChI=1S/C15H20N4O2S/c1-4-6-14-15(17-10-9-16-14)18-22(20,21)13-8-5-7-12(11-13)19(2)3/h5,7-11H,4,6H2,1-3H3,(H,17,18). The molecule has 0 unspecified atom stereocenters. The van der Waals surface area contributed by atoms with Crippen LogP contribution in [0.15, 0.2) is 41.6 Å². The Labute approximate surface area is 131 Å². The van der Waals surface area contributed by atoms with Crippen LogP contribution in [0.3, 0.4) is 0 Å². The first-order valence-electron chi connectivity index (χ1n) is 7.04. The predicted octanol–water partition coefficient (Wildman–Crippen LogP) is 2.30. The number of sulfonamides is 1. The van der Waals surface area contributed by atoms with Crippen molar-refractivity contribution in [2.75, 3.05) is 23.7 Å². The van der Waals surface area contributed by atoms with Crippen molar-refractivity contribution < 1.29 is 8.42 Å². The molecular formula is C15H20N4O2S. The number of anilines is 2. The molecule has 118 valence electrons. The van der Waals surface area contributed by atoms with Crippen LogP contribution in [-0.2, 0) is 16.4 Å². The first kappa shape index (κ1) is 16.2. The van der Waals surface area contributed by atoms with Crippen molar-refractivity contribution in [2.24, 2.45) is 0 Å². The highest BCUT2D eigenvalue weighted by Gasteiger charge is 2.17. The molecule has 0 spiro atoms. The summed E-state index contributed by atoms with van der Waals surface area (Å²) in [5.41, 5.74) is 1.47. The van der Waals surface area contributed by atoms with Crippen LogP contribution in [0, 0.1) is 0 Å². The van der Waals surface area contributed by atoms with Crippen LogP contribution < -0.4 is 9.62 Å². The molecule has 1 heterocycles. The van der Waals surface area contributed by atoms with Gasteiger partial charge in [-0.3, -0.25) is 9.71 Å². The quantitative estimate of drug-likeness (QED) is 0.884. The summed E-state index contributed by atoms with van der Waals surface area (Å²) in [6.45, 7) is 2.01. The lowest BCUT2D eigenvalue weighted by Gasteiger charge is -2.14. The summed E-state index contributed by atoms with van der Waals surface area (Å²) in [5, 5.41) is 0. The lowest BCUT2D eigenvalue weighted by atomic mass is 10.2. The second kappa shape index (κ2) is 6.74. The summed E-state index contributed by atoms with van der Waals surface area (Å²) in [7, 11) is 0.0352. The van der Waals surface area contributed by atoms with Gasteiger partial charge in [0.15, 0.2) is 5.82 Å². The van der Waals surface area contributed by atoms with E-state index in [2.05, 4.69) is 14.7 Å². The van der Waals surface area contributed by atoms with E-state index >= 15 is 0 Å². The second-order valence-corrected chi connectivity index (χ2v) is 6.78. The molecule has 22 heavy (non-hydrogen) atoms. The number of aryl methyl sites for hydroxylation is 1. The number of nitrogens with one attached hydrogen (secondary N) is 1. The summed E-state index contributed by atoms with van der Waals surface area (Å²) in [4.78, 5) is 10.3. The molecular weight excluding hydrogens is 300 g/mol. The van der Waals surface area contributed by atoms with Crippen molar-refractivity contribution in [3.8, 4) is 0 Å². The third kappa shape index (κ3) is 3.73. The molecule has 0 aliphatic carbocycles. The van der Waals surface area contributed by atoms with Gasteiger partial charge in [-0.1, -0.05) is 19.4 Å². The minimum Gasteiger partial charge on any atom is -0.378 e. The van der Waals surface area contributed by atoms with E-state index in [0.717, 1.165) is 12.1 Å². The minimum atomic E-state index is -3.69. The highest BCUT2D eigenvalue weighted by atomic mass is 32.2. The maximum atomic E-state index is 12.5. The van der Waals surface area contributed by atoms with Gasteiger partial charge in [0, 0.05) is 32.2 Å². The Kier molecular flexibility index (Phi) is 4.97. The summed E-state index contributed by atoms with van der Waals surface area (Å²) in [6.07, 6.45) is 4.58. The summed E-state index contributed by atoms with van der Waals surface area (Å²) >= 11 is 0. The van der Waals surface area contributed by atoms with Gasteiger partial charge >= 0.3 is 0 Å². The van der Waals surface area contributed by atoms with E-state index in [1.165, 1.54) is 6.20 Å². The molecule has 0 saturated carbocycles. The topological polar surface area (TPSA) is 75.2 Å². The Morgan fingerprint density at radius 1 is 1.18 bits per heavy atom. The SMILES string of the molecule is CCCc1nccnc1NS(=O)(=O)c1cccc(N(C)C)c1. The van der Waals surface area contributed by atoms with E-state index in [-0.39, 0.29) is 4.90 Å². The lowest BCUT2D eigenvalue weighted by molar-refractivity contribution is 0.601. The van der Waals surface area contributed by atoms with Crippen molar-refractivity contribution in [1.82, 2.24) is 9.97 Å². The van der Waals surface area contributed by atoms with Crippen molar-refractivity contribution >= 4 is 21.5 Å². The number of hydrogen-bond donors (Lipinski definition) is 1. The normalized spacial score (nSPS) is 11.2. The van der Waals surface area contributed by atoms with E-state index in [9.17, 15) is 8.42 Å². The monoisotopic (exact) mass is 320 g/mol. The Morgan fingerprint density at radius 3 is 2.59 bits per heavy atom. The largest absolute Gasteiger partial charge is 0.378 e. The molecule has 1 aromatic carbocycles. The van der Waals surface area contributed by atoms with Crippen LogP contribution >= 0.6 is 0 Å². The molecule has 0 bridgehead atoms. The molecule has 7 heteroatoms. The molecule has 0 aliphatic rings. The predicted molar refractivity (Wildman–Crippen MR) is 87.6 cm³/mol. The molecule has 1 aromatic heterocycles. The zero-order chi connectivity index (χ0) is 16.2. The molecule has 0 saturated heterocycles. The molecule has 0 atom stereocenters. The second-order valence-electron chi connectivity index (χ2n) is 5.10. The van der Waals surface area contributed by atoms with Crippen LogP contribution in [0.1, 0.15) is 19.0 Å². The van der Waals surface area contributed by atoms with Gasteiger partial charge in [0.05, 0.1) is 10.6 Å². The minimum absolute atomic E-state index is 0.201. The van der Waals surface area contributed by atoms with Crippen molar-refractivity contribution in [3.05, 3.63) is 42.4 Å². The molecule has 6 nitrogen and oxygen atoms in total. The summed E-state index contributed by atoms with van der Waals surface area (Å²) < 4.78 is 27.6. The average molecular weight is 320 g/mol. The maximum absolute atomic E-state index is 12.5. The van der Waals surface area contributed by atoms with Crippen LogP contribution in [-0.4, -0.2) is 32.5 Å². The van der Waals surface area contributed by atoms with Crippen molar-refractivity contribution in [3.63, 3.8) is 0 Å². The fourth-order valence-electron chi connectivity index (χ4n) is 1.99. The smallest absolute Gasteiger partial charge is 0.263 e. The molecule has 0 amide bonds. The Balaban J connectivity index is 2.34. The molecule has 2 aromatic rings. The molecule has 1 N–H and O–H groups in total. The van der Waals surface area contributed by atoms with E-state index < -0.39 is 10.0 Å². The average Bonchev–Trinajstić information content (AvgIpc) is 2.49. The first-order chi connectivity index (χ1) is 10.4. The van der Waals surface area contributed by atoms with E-state index in [0.29, 0.717) is 17.9 Å². The number of nitrogens with zero attached hydrogens (tertiary/aromatic N) is 3. The zero-order valence-electron chi connectivity index (χ0n) is 12.9. The van der Waals surface area contributed by atoms with Crippen LogP contribution in [0.5, 0.6) is 0 Å². The number of benzene rings is 1. The molecule has 2 rings (SSSR count).